The fourth-order valence-electron chi connectivity index (χ4n) is 0.918. The lowest BCUT2D eigenvalue weighted by Gasteiger charge is -2.11. The average Bonchev–Trinajstić information content (AvgIpc) is 2.20. The van der Waals surface area contributed by atoms with Gasteiger partial charge in [0.15, 0.2) is 5.78 Å². The molecule has 3 heteroatoms. The van der Waals surface area contributed by atoms with Crippen molar-refractivity contribution in [2.45, 2.75) is 19.1 Å². The Hall–Kier alpha value is -0.670. The monoisotopic (exact) mass is 142 g/mol. The summed E-state index contributed by atoms with van der Waals surface area (Å²) in [6, 6.07) is 0. The van der Waals surface area contributed by atoms with Crippen LogP contribution in [0.4, 0.5) is 0 Å². The Balaban J connectivity index is 2.52. The molecule has 2 unspecified atom stereocenters. The maximum absolute atomic E-state index is 10.8. The van der Waals surface area contributed by atoms with Crippen molar-refractivity contribution in [1.29, 1.82) is 0 Å². The molecule has 0 saturated heterocycles. The molecule has 10 heavy (non-hydrogen) atoms. The molecule has 0 aromatic carbocycles. The second-order valence-electron chi connectivity index (χ2n) is 2.13. The molecule has 56 valence electrons. The van der Waals surface area contributed by atoms with Crippen LogP contribution < -0.4 is 0 Å². The first-order valence-corrected chi connectivity index (χ1v) is 3.27. The summed E-state index contributed by atoms with van der Waals surface area (Å²) in [5.41, 5.74) is 0. The molecular formula is C7H10O3. The molecule has 0 fully saturated rings. The van der Waals surface area contributed by atoms with Crippen molar-refractivity contribution >= 4 is 5.78 Å². The first-order valence-electron chi connectivity index (χ1n) is 3.27. The highest BCUT2D eigenvalue weighted by Crippen LogP contribution is 2.10. The zero-order valence-electron chi connectivity index (χ0n) is 5.78. The van der Waals surface area contributed by atoms with E-state index in [0.717, 1.165) is 0 Å². The van der Waals surface area contributed by atoms with Crippen LogP contribution in [0, 0.1) is 0 Å². The normalized spacial score (nSPS) is 31.6. The van der Waals surface area contributed by atoms with Gasteiger partial charge in [-0.2, -0.15) is 0 Å². The first kappa shape index (κ1) is 7.44. The van der Waals surface area contributed by atoms with Gasteiger partial charge in [-0.25, -0.2) is 0 Å². The molecule has 0 aromatic heterocycles. The Bertz CT molecular complexity index is 162. The van der Waals surface area contributed by atoms with Crippen LogP contribution >= 0.6 is 0 Å². The van der Waals surface area contributed by atoms with Gasteiger partial charge in [-0.05, 0) is 19.1 Å². The largest absolute Gasteiger partial charge is 0.386 e. The minimum Gasteiger partial charge on any atom is -0.386 e. The van der Waals surface area contributed by atoms with Gasteiger partial charge in [0.05, 0.1) is 0 Å². The number of hydrogen-bond acceptors (Lipinski definition) is 3. The van der Waals surface area contributed by atoms with Gasteiger partial charge in [0.2, 0.25) is 0 Å². The summed E-state index contributed by atoms with van der Waals surface area (Å²) in [6.45, 7) is 2.24. The molecule has 0 saturated carbocycles. The summed E-state index contributed by atoms with van der Waals surface area (Å²) < 4.78 is 4.97. The molecule has 0 radical (unpaired) electrons. The fourth-order valence-corrected chi connectivity index (χ4v) is 0.918. The van der Waals surface area contributed by atoms with E-state index in [1.54, 1.807) is 6.92 Å². The summed E-state index contributed by atoms with van der Waals surface area (Å²) in [5.74, 6) is -0.144. The van der Waals surface area contributed by atoms with Crippen molar-refractivity contribution in [1.82, 2.24) is 0 Å². The number of ketones is 1. The van der Waals surface area contributed by atoms with Gasteiger partial charge in [-0.3, -0.25) is 4.79 Å². The molecular weight excluding hydrogens is 132 g/mol. The lowest BCUT2D eigenvalue weighted by Crippen LogP contribution is -2.29. The molecule has 0 spiro atoms. The maximum atomic E-state index is 10.8. The third-order valence-electron chi connectivity index (χ3n) is 1.39. The minimum absolute atomic E-state index is 0.144. The number of ether oxygens (including phenoxy) is 1. The van der Waals surface area contributed by atoms with Crippen LogP contribution in [-0.4, -0.2) is 29.7 Å². The van der Waals surface area contributed by atoms with E-state index in [2.05, 4.69) is 0 Å². The predicted molar refractivity (Wildman–Crippen MR) is 35.6 cm³/mol. The number of carbonyl (C=O) groups excluding carboxylic acids is 1. The molecule has 0 aliphatic heterocycles. The minimum atomic E-state index is -0.743. The topological polar surface area (TPSA) is 46.5 Å². The quantitative estimate of drug-likeness (QED) is 0.585. The van der Waals surface area contributed by atoms with Crippen molar-refractivity contribution in [3.63, 3.8) is 0 Å². The second-order valence-corrected chi connectivity index (χ2v) is 2.13. The molecule has 2 atom stereocenters. The van der Waals surface area contributed by atoms with Gasteiger partial charge in [0, 0.05) is 6.61 Å². The SMILES string of the molecule is CCOC1C(=O)C=CC1O. The smallest absolute Gasteiger partial charge is 0.187 e. The summed E-state index contributed by atoms with van der Waals surface area (Å²) in [5, 5.41) is 9.06. The Morgan fingerprint density at radius 1 is 1.80 bits per heavy atom. The standard InChI is InChI=1S/C7H10O3/c1-2-10-7-5(8)3-4-6(7)9/h3-5,7-8H,2H2,1H3. The molecule has 0 bridgehead atoms. The highest BCUT2D eigenvalue weighted by Gasteiger charge is 2.28. The molecule has 3 nitrogen and oxygen atoms in total. The fraction of sp³-hybridized carbons (Fsp3) is 0.571. The van der Waals surface area contributed by atoms with Gasteiger partial charge in [0.1, 0.15) is 12.2 Å². The Labute approximate surface area is 59.3 Å². The molecule has 1 N–H and O–H groups in total. The molecule has 0 aromatic rings. The molecule has 1 aliphatic carbocycles. The second kappa shape index (κ2) is 2.94. The Morgan fingerprint density at radius 3 is 2.90 bits per heavy atom. The molecule has 1 rings (SSSR count). The molecule has 0 heterocycles. The van der Waals surface area contributed by atoms with Crippen molar-refractivity contribution in [2.24, 2.45) is 0 Å². The highest BCUT2D eigenvalue weighted by molar-refractivity contribution is 5.96. The summed E-state index contributed by atoms with van der Waals surface area (Å²) in [4.78, 5) is 10.8. The van der Waals surface area contributed by atoms with Crippen LogP contribution in [0.1, 0.15) is 6.92 Å². The van der Waals surface area contributed by atoms with Crippen LogP contribution in [0.2, 0.25) is 0 Å². The average molecular weight is 142 g/mol. The van der Waals surface area contributed by atoms with E-state index in [-0.39, 0.29) is 5.78 Å². The van der Waals surface area contributed by atoms with E-state index in [1.807, 2.05) is 0 Å². The lowest BCUT2D eigenvalue weighted by molar-refractivity contribution is -0.128. The number of aliphatic hydroxyl groups is 1. The maximum Gasteiger partial charge on any atom is 0.187 e. The van der Waals surface area contributed by atoms with Crippen molar-refractivity contribution < 1.29 is 14.6 Å². The zero-order chi connectivity index (χ0) is 7.56. The van der Waals surface area contributed by atoms with E-state index in [9.17, 15) is 4.79 Å². The van der Waals surface area contributed by atoms with E-state index < -0.39 is 12.2 Å². The van der Waals surface area contributed by atoms with Crippen molar-refractivity contribution in [3.05, 3.63) is 12.2 Å². The van der Waals surface area contributed by atoms with Crippen molar-refractivity contribution in [3.8, 4) is 0 Å². The third-order valence-corrected chi connectivity index (χ3v) is 1.39. The number of aliphatic hydroxyl groups excluding tert-OH is 1. The number of carbonyl (C=O) groups is 1. The van der Waals surface area contributed by atoms with E-state index in [0.29, 0.717) is 6.61 Å². The number of rotatable bonds is 2. The summed E-state index contributed by atoms with van der Waals surface area (Å²) >= 11 is 0. The highest BCUT2D eigenvalue weighted by atomic mass is 16.5. The molecule has 0 amide bonds. The predicted octanol–water partition coefficient (Wildman–Crippen LogP) is -0.109. The van der Waals surface area contributed by atoms with Gasteiger partial charge in [-0.15, -0.1) is 0 Å². The van der Waals surface area contributed by atoms with Gasteiger partial charge in [-0.1, -0.05) is 0 Å². The summed E-state index contributed by atoms with van der Waals surface area (Å²) in [7, 11) is 0. The van der Waals surface area contributed by atoms with Crippen LogP contribution in [0.25, 0.3) is 0 Å². The Morgan fingerprint density at radius 2 is 2.50 bits per heavy atom. The van der Waals surface area contributed by atoms with Crippen molar-refractivity contribution in [2.75, 3.05) is 6.61 Å². The van der Waals surface area contributed by atoms with E-state index in [1.165, 1.54) is 12.2 Å². The van der Waals surface area contributed by atoms with Crippen LogP contribution in [0.15, 0.2) is 12.2 Å². The van der Waals surface area contributed by atoms with E-state index in [4.69, 9.17) is 9.84 Å². The Kier molecular flexibility index (Phi) is 2.19. The van der Waals surface area contributed by atoms with Gasteiger partial charge < -0.3 is 9.84 Å². The van der Waals surface area contributed by atoms with E-state index >= 15 is 0 Å². The van der Waals surface area contributed by atoms with Gasteiger partial charge in [0.25, 0.3) is 0 Å². The van der Waals surface area contributed by atoms with Crippen LogP contribution in [-0.2, 0) is 9.53 Å². The third kappa shape index (κ3) is 1.25. The lowest BCUT2D eigenvalue weighted by atomic mass is 10.2. The summed E-state index contributed by atoms with van der Waals surface area (Å²) in [6.07, 6.45) is 1.41. The zero-order valence-corrected chi connectivity index (χ0v) is 5.78. The first-order chi connectivity index (χ1) is 4.75. The molecule has 1 aliphatic rings. The van der Waals surface area contributed by atoms with Crippen LogP contribution in [0.5, 0.6) is 0 Å². The van der Waals surface area contributed by atoms with Crippen LogP contribution in [0.3, 0.4) is 0 Å². The van der Waals surface area contributed by atoms with Gasteiger partial charge >= 0.3 is 0 Å². The number of hydrogen-bond donors (Lipinski definition) is 1.